The zero-order valence-electron chi connectivity index (χ0n) is 14.7. The number of nitrogens with zero attached hydrogens (tertiary/aromatic N) is 2. The van der Waals surface area contributed by atoms with Crippen LogP contribution in [0.2, 0.25) is 5.02 Å². The summed E-state index contributed by atoms with van der Waals surface area (Å²) in [5, 5.41) is 3.60. The summed E-state index contributed by atoms with van der Waals surface area (Å²) in [5.41, 5.74) is 0.893. The van der Waals surface area contributed by atoms with E-state index in [1.807, 2.05) is 24.3 Å². The highest BCUT2D eigenvalue weighted by atomic mass is 35.5. The molecule has 138 valence electrons. The molecule has 1 aliphatic rings. The highest BCUT2D eigenvalue weighted by Crippen LogP contribution is 2.23. The molecule has 1 fully saturated rings. The maximum absolute atomic E-state index is 12.3. The van der Waals surface area contributed by atoms with Crippen LogP contribution >= 0.6 is 11.6 Å². The fraction of sp³-hybridized carbons (Fsp3) is 0.421. The molecule has 1 aliphatic carbocycles. The predicted octanol–water partition coefficient (Wildman–Crippen LogP) is 3.19. The number of carbonyl (C=O) groups is 1. The second kappa shape index (κ2) is 8.85. The summed E-state index contributed by atoms with van der Waals surface area (Å²) in [6.07, 6.45) is 6.88. The van der Waals surface area contributed by atoms with E-state index in [4.69, 9.17) is 21.1 Å². The van der Waals surface area contributed by atoms with Crippen molar-refractivity contribution in [2.45, 2.75) is 44.2 Å². The van der Waals surface area contributed by atoms with Gasteiger partial charge in [0, 0.05) is 11.6 Å². The van der Waals surface area contributed by atoms with Crippen LogP contribution in [-0.2, 0) is 11.2 Å². The molecule has 2 aromatic rings. The standard InChI is InChI=1S/C19H22ClN3O3/c1-25-17-5-3-2-4-13(17)10-18(24)23-15-6-8-16(9-7-15)26-19-21-11-14(20)12-22-19/h2-5,11-12,15-16H,6-10H2,1H3,(H,23,24). The molecule has 1 amide bonds. The maximum Gasteiger partial charge on any atom is 0.316 e. The zero-order valence-corrected chi connectivity index (χ0v) is 15.4. The Morgan fingerprint density at radius 1 is 1.19 bits per heavy atom. The molecule has 1 heterocycles. The lowest BCUT2D eigenvalue weighted by atomic mass is 9.92. The van der Waals surface area contributed by atoms with E-state index in [0.29, 0.717) is 17.5 Å². The van der Waals surface area contributed by atoms with Crippen LogP contribution < -0.4 is 14.8 Å². The molecule has 0 radical (unpaired) electrons. The van der Waals surface area contributed by atoms with Crippen LogP contribution in [0.25, 0.3) is 0 Å². The Kier molecular flexibility index (Phi) is 6.28. The summed E-state index contributed by atoms with van der Waals surface area (Å²) in [7, 11) is 1.61. The average molecular weight is 376 g/mol. The summed E-state index contributed by atoms with van der Waals surface area (Å²) >= 11 is 5.77. The predicted molar refractivity (Wildman–Crippen MR) is 98.6 cm³/mol. The van der Waals surface area contributed by atoms with Crippen molar-refractivity contribution >= 4 is 17.5 Å². The number of halogens is 1. The van der Waals surface area contributed by atoms with Gasteiger partial charge in [-0.05, 0) is 31.7 Å². The summed E-state index contributed by atoms with van der Waals surface area (Å²) in [5.74, 6) is 0.752. The Labute approximate surface area is 157 Å². The van der Waals surface area contributed by atoms with Gasteiger partial charge in [-0.2, -0.15) is 0 Å². The Morgan fingerprint density at radius 3 is 2.58 bits per heavy atom. The number of benzene rings is 1. The quantitative estimate of drug-likeness (QED) is 0.839. The van der Waals surface area contributed by atoms with Crippen molar-refractivity contribution in [2.24, 2.45) is 0 Å². The van der Waals surface area contributed by atoms with Crippen molar-refractivity contribution in [2.75, 3.05) is 7.11 Å². The van der Waals surface area contributed by atoms with Gasteiger partial charge in [-0.25, -0.2) is 9.97 Å². The Hall–Kier alpha value is -2.34. The highest BCUT2D eigenvalue weighted by Gasteiger charge is 2.24. The van der Waals surface area contributed by atoms with Gasteiger partial charge in [0.2, 0.25) is 5.91 Å². The van der Waals surface area contributed by atoms with Crippen molar-refractivity contribution in [3.63, 3.8) is 0 Å². The molecular formula is C19H22ClN3O3. The molecule has 0 saturated heterocycles. The molecule has 0 bridgehead atoms. The highest BCUT2D eigenvalue weighted by molar-refractivity contribution is 6.30. The van der Waals surface area contributed by atoms with Crippen molar-refractivity contribution < 1.29 is 14.3 Å². The largest absolute Gasteiger partial charge is 0.496 e. The lowest BCUT2D eigenvalue weighted by Gasteiger charge is -2.28. The molecular weight excluding hydrogens is 354 g/mol. The minimum absolute atomic E-state index is 0.0138. The normalized spacial score (nSPS) is 19.6. The van der Waals surface area contributed by atoms with Crippen LogP contribution in [0.4, 0.5) is 0 Å². The second-order valence-electron chi connectivity index (χ2n) is 6.33. The van der Waals surface area contributed by atoms with E-state index in [1.165, 1.54) is 12.4 Å². The molecule has 0 atom stereocenters. The van der Waals surface area contributed by atoms with Gasteiger partial charge in [-0.15, -0.1) is 0 Å². The topological polar surface area (TPSA) is 73.3 Å². The summed E-state index contributed by atoms with van der Waals surface area (Å²) in [4.78, 5) is 20.4. The fourth-order valence-electron chi connectivity index (χ4n) is 3.14. The van der Waals surface area contributed by atoms with Gasteiger partial charge in [-0.3, -0.25) is 4.79 Å². The van der Waals surface area contributed by atoms with Crippen LogP contribution in [0.15, 0.2) is 36.7 Å². The number of aromatic nitrogens is 2. The van der Waals surface area contributed by atoms with Crippen LogP contribution in [0.3, 0.4) is 0 Å². The van der Waals surface area contributed by atoms with Gasteiger partial charge in [0.1, 0.15) is 11.9 Å². The Balaban J connectivity index is 1.44. The van der Waals surface area contributed by atoms with E-state index in [1.54, 1.807) is 7.11 Å². The number of ether oxygens (including phenoxy) is 2. The molecule has 7 heteroatoms. The molecule has 26 heavy (non-hydrogen) atoms. The Morgan fingerprint density at radius 2 is 1.88 bits per heavy atom. The number of rotatable bonds is 6. The summed E-state index contributed by atoms with van der Waals surface area (Å²) in [6.45, 7) is 0. The lowest BCUT2D eigenvalue weighted by molar-refractivity contribution is -0.121. The molecule has 1 aromatic heterocycles. The summed E-state index contributed by atoms with van der Waals surface area (Å²) < 4.78 is 11.1. The molecule has 1 aromatic carbocycles. The van der Waals surface area contributed by atoms with Crippen LogP contribution in [-0.4, -0.2) is 35.1 Å². The first kappa shape index (κ1) is 18.5. The third-order valence-electron chi connectivity index (χ3n) is 4.45. The summed E-state index contributed by atoms with van der Waals surface area (Å²) in [6, 6.07) is 8.10. The molecule has 1 N–H and O–H groups in total. The molecule has 1 saturated carbocycles. The maximum atomic E-state index is 12.3. The van der Waals surface area contributed by atoms with E-state index in [-0.39, 0.29) is 18.1 Å². The number of hydrogen-bond donors (Lipinski definition) is 1. The number of hydrogen-bond acceptors (Lipinski definition) is 5. The van der Waals surface area contributed by atoms with E-state index < -0.39 is 0 Å². The van der Waals surface area contributed by atoms with E-state index in [2.05, 4.69) is 15.3 Å². The fourth-order valence-corrected chi connectivity index (χ4v) is 3.23. The average Bonchev–Trinajstić information content (AvgIpc) is 2.65. The number of methoxy groups -OCH3 is 1. The molecule has 0 unspecified atom stereocenters. The number of nitrogens with one attached hydrogen (secondary N) is 1. The van der Waals surface area contributed by atoms with Gasteiger partial charge < -0.3 is 14.8 Å². The first-order valence-corrected chi connectivity index (χ1v) is 9.07. The van der Waals surface area contributed by atoms with E-state index >= 15 is 0 Å². The molecule has 0 spiro atoms. The van der Waals surface area contributed by atoms with Crippen molar-refractivity contribution in [1.82, 2.24) is 15.3 Å². The van der Waals surface area contributed by atoms with Crippen molar-refractivity contribution in [1.29, 1.82) is 0 Å². The van der Waals surface area contributed by atoms with Gasteiger partial charge in [0.05, 0.1) is 30.9 Å². The van der Waals surface area contributed by atoms with Crippen molar-refractivity contribution in [3.8, 4) is 11.8 Å². The molecule has 6 nitrogen and oxygen atoms in total. The number of carbonyl (C=O) groups excluding carboxylic acids is 1. The number of para-hydroxylation sites is 1. The first-order valence-electron chi connectivity index (χ1n) is 8.69. The monoisotopic (exact) mass is 375 g/mol. The third-order valence-corrected chi connectivity index (χ3v) is 4.65. The van der Waals surface area contributed by atoms with Crippen LogP contribution in [0.1, 0.15) is 31.2 Å². The zero-order chi connectivity index (χ0) is 18.4. The SMILES string of the molecule is COc1ccccc1CC(=O)NC1CCC(Oc2ncc(Cl)cn2)CC1. The minimum Gasteiger partial charge on any atom is -0.496 e. The van der Waals surface area contributed by atoms with Gasteiger partial charge in [-0.1, -0.05) is 29.8 Å². The Bertz CT molecular complexity index is 731. The first-order chi connectivity index (χ1) is 12.6. The van der Waals surface area contributed by atoms with Gasteiger partial charge >= 0.3 is 6.01 Å². The van der Waals surface area contributed by atoms with Gasteiger partial charge in [0.25, 0.3) is 0 Å². The number of amides is 1. The lowest BCUT2D eigenvalue weighted by Crippen LogP contribution is -2.40. The second-order valence-corrected chi connectivity index (χ2v) is 6.77. The van der Waals surface area contributed by atoms with Gasteiger partial charge in [0.15, 0.2) is 0 Å². The van der Waals surface area contributed by atoms with E-state index in [0.717, 1.165) is 37.0 Å². The molecule has 0 aliphatic heterocycles. The molecule has 3 rings (SSSR count). The minimum atomic E-state index is 0.0138. The van der Waals surface area contributed by atoms with Crippen LogP contribution in [0.5, 0.6) is 11.8 Å². The van der Waals surface area contributed by atoms with Crippen molar-refractivity contribution in [3.05, 3.63) is 47.2 Å². The van der Waals surface area contributed by atoms with Crippen LogP contribution in [0, 0.1) is 0 Å². The smallest absolute Gasteiger partial charge is 0.316 e. The third kappa shape index (κ3) is 5.08. The van der Waals surface area contributed by atoms with E-state index in [9.17, 15) is 4.79 Å².